The maximum Gasteiger partial charge on any atom is 0.283 e. The maximum atomic E-state index is 13.1. The zero-order chi connectivity index (χ0) is 19.5. The van der Waals surface area contributed by atoms with Gasteiger partial charge >= 0.3 is 0 Å². The van der Waals surface area contributed by atoms with Crippen molar-refractivity contribution in [1.82, 2.24) is 0 Å². The number of benzene rings is 3. The van der Waals surface area contributed by atoms with Crippen LogP contribution in [-0.2, 0) is 9.59 Å². The van der Waals surface area contributed by atoms with Crippen molar-refractivity contribution in [3.05, 3.63) is 95.5 Å². The highest BCUT2D eigenvalue weighted by Gasteiger charge is 2.40. The van der Waals surface area contributed by atoms with E-state index in [-0.39, 0.29) is 17.5 Å². The SMILES string of the molecule is Nc1ccc(SC2=C(Nc3ccccc3)C(=O)N(c3ccccc3)C2=O)cc1. The summed E-state index contributed by atoms with van der Waals surface area (Å²) in [7, 11) is 0. The first-order valence-corrected chi connectivity index (χ1v) is 9.49. The van der Waals surface area contributed by atoms with E-state index in [1.807, 2.05) is 48.5 Å². The molecule has 2 amide bonds. The van der Waals surface area contributed by atoms with E-state index in [0.717, 1.165) is 10.6 Å². The second kappa shape index (κ2) is 7.62. The van der Waals surface area contributed by atoms with Crippen LogP contribution in [0, 0.1) is 0 Å². The number of nitrogens with one attached hydrogen (secondary N) is 1. The summed E-state index contributed by atoms with van der Waals surface area (Å²) in [6.07, 6.45) is 0. The second-order valence-electron chi connectivity index (χ2n) is 6.15. The minimum Gasteiger partial charge on any atom is -0.399 e. The van der Waals surface area contributed by atoms with Gasteiger partial charge in [-0.05, 0) is 48.5 Å². The highest BCUT2D eigenvalue weighted by Crippen LogP contribution is 2.37. The Morgan fingerprint density at radius 1 is 0.750 bits per heavy atom. The number of anilines is 3. The number of nitrogen functional groups attached to an aromatic ring is 1. The summed E-state index contributed by atoms with van der Waals surface area (Å²) >= 11 is 1.25. The van der Waals surface area contributed by atoms with E-state index in [4.69, 9.17) is 5.73 Å². The third-order valence-corrected chi connectivity index (χ3v) is 5.29. The van der Waals surface area contributed by atoms with Crippen LogP contribution in [0.3, 0.4) is 0 Å². The molecule has 1 aliphatic heterocycles. The number of para-hydroxylation sites is 2. The van der Waals surface area contributed by atoms with E-state index < -0.39 is 0 Å². The number of nitrogens with two attached hydrogens (primary N) is 1. The summed E-state index contributed by atoms with van der Waals surface area (Å²) in [6.45, 7) is 0. The van der Waals surface area contributed by atoms with Crippen molar-refractivity contribution < 1.29 is 9.59 Å². The number of carbonyl (C=O) groups excluding carboxylic acids is 2. The number of imide groups is 1. The molecule has 3 aromatic rings. The number of nitrogens with zero attached hydrogens (tertiary/aromatic N) is 1. The third kappa shape index (κ3) is 3.50. The smallest absolute Gasteiger partial charge is 0.283 e. The minimum absolute atomic E-state index is 0.266. The Balaban J connectivity index is 1.73. The van der Waals surface area contributed by atoms with Crippen molar-refractivity contribution in [3.8, 4) is 0 Å². The summed E-state index contributed by atoms with van der Waals surface area (Å²) in [5, 5.41) is 3.12. The maximum absolute atomic E-state index is 13.1. The molecule has 0 saturated heterocycles. The molecular weight excluding hydrogens is 370 g/mol. The standard InChI is InChI=1S/C22H17N3O2S/c23-15-11-13-18(14-12-15)28-20-19(24-16-7-3-1-4-8-16)21(26)25(22(20)27)17-9-5-2-6-10-17/h1-14,24H,23H2. The molecule has 0 fully saturated rings. The van der Waals surface area contributed by atoms with Gasteiger partial charge in [0.25, 0.3) is 11.8 Å². The molecule has 1 aliphatic rings. The van der Waals surface area contributed by atoms with Crippen molar-refractivity contribution in [3.63, 3.8) is 0 Å². The lowest BCUT2D eigenvalue weighted by Gasteiger charge is -2.15. The van der Waals surface area contributed by atoms with E-state index in [1.54, 1.807) is 36.4 Å². The molecule has 0 saturated carbocycles. The van der Waals surface area contributed by atoms with Crippen LogP contribution in [0.5, 0.6) is 0 Å². The summed E-state index contributed by atoms with van der Waals surface area (Å²) in [5.41, 5.74) is 7.93. The normalized spacial score (nSPS) is 13.9. The van der Waals surface area contributed by atoms with E-state index in [1.165, 1.54) is 16.7 Å². The summed E-state index contributed by atoms with van der Waals surface area (Å²) in [5.74, 6) is -0.727. The number of amides is 2. The van der Waals surface area contributed by atoms with E-state index in [9.17, 15) is 9.59 Å². The van der Waals surface area contributed by atoms with Gasteiger partial charge in [0, 0.05) is 16.3 Å². The highest BCUT2D eigenvalue weighted by atomic mass is 32.2. The van der Waals surface area contributed by atoms with Crippen LogP contribution in [0.15, 0.2) is 100 Å². The Hall–Kier alpha value is -3.51. The van der Waals surface area contributed by atoms with Gasteiger partial charge in [-0.3, -0.25) is 9.59 Å². The number of thioether (sulfide) groups is 1. The van der Waals surface area contributed by atoms with Gasteiger partial charge in [0.2, 0.25) is 0 Å². The molecule has 28 heavy (non-hydrogen) atoms. The van der Waals surface area contributed by atoms with Crippen LogP contribution >= 0.6 is 11.8 Å². The van der Waals surface area contributed by atoms with Gasteiger partial charge in [-0.1, -0.05) is 48.2 Å². The van der Waals surface area contributed by atoms with Gasteiger partial charge in [-0.15, -0.1) is 0 Å². The fourth-order valence-corrected chi connectivity index (χ4v) is 3.77. The lowest BCUT2D eigenvalue weighted by molar-refractivity contribution is -0.120. The van der Waals surface area contributed by atoms with E-state index in [0.29, 0.717) is 16.3 Å². The van der Waals surface area contributed by atoms with Gasteiger partial charge in [0.1, 0.15) is 10.6 Å². The molecule has 0 radical (unpaired) electrons. The lowest BCUT2D eigenvalue weighted by Crippen LogP contribution is -2.32. The molecule has 6 heteroatoms. The molecule has 0 aromatic heterocycles. The predicted molar refractivity (Wildman–Crippen MR) is 113 cm³/mol. The minimum atomic E-state index is -0.377. The first-order chi connectivity index (χ1) is 13.6. The number of hydrogen-bond acceptors (Lipinski definition) is 5. The molecule has 4 rings (SSSR count). The average Bonchev–Trinajstić information content (AvgIpc) is 2.95. The summed E-state index contributed by atoms with van der Waals surface area (Å²) < 4.78 is 0. The third-order valence-electron chi connectivity index (χ3n) is 4.20. The van der Waals surface area contributed by atoms with Crippen LogP contribution in [0.1, 0.15) is 0 Å². The van der Waals surface area contributed by atoms with E-state index >= 15 is 0 Å². The van der Waals surface area contributed by atoms with Gasteiger partial charge in [0.15, 0.2) is 0 Å². The summed E-state index contributed by atoms with van der Waals surface area (Å²) in [6, 6.07) is 25.4. The van der Waals surface area contributed by atoms with Gasteiger partial charge < -0.3 is 11.1 Å². The zero-order valence-electron chi connectivity index (χ0n) is 14.8. The Kier molecular flexibility index (Phi) is 4.87. The van der Waals surface area contributed by atoms with Crippen molar-refractivity contribution in [1.29, 1.82) is 0 Å². The quantitative estimate of drug-likeness (QED) is 0.505. The van der Waals surface area contributed by atoms with E-state index in [2.05, 4.69) is 5.32 Å². The van der Waals surface area contributed by atoms with Gasteiger partial charge in [-0.2, -0.15) is 0 Å². The van der Waals surface area contributed by atoms with Gasteiger partial charge in [-0.25, -0.2) is 4.90 Å². The molecule has 1 heterocycles. The first-order valence-electron chi connectivity index (χ1n) is 8.67. The van der Waals surface area contributed by atoms with Crippen LogP contribution in [0.4, 0.5) is 17.1 Å². The monoisotopic (exact) mass is 387 g/mol. The first kappa shape index (κ1) is 17.9. The lowest BCUT2D eigenvalue weighted by atomic mass is 10.3. The Bertz CT molecular complexity index is 1050. The molecule has 5 nitrogen and oxygen atoms in total. The fraction of sp³-hybridized carbons (Fsp3) is 0. The molecule has 0 spiro atoms. The predicted octanol–water partition coefficient (Wildman–Crippen LogP) is 4.26. The molecule has 0 atom stereocenters. The average molecular weight is 387 g/mol. The van der Waals surface area contributed by atoms with Crippen molar-refractivity contribution >= 4 is 40.6 Å². The fourth-order valence-electron chi connectivity index (χ4n) is 2.85. The number of hydrogen-bond donors (Lipinski definition) is 2. The Labute approximate surface area is 166 Å². The van der Waals surface area contributed by atoms with Crippen LogP contribution in [0.25, 0.3) is 0 Å². The molecule has 0 aliphatic carbocycles. The van der Waals surface area contributed by atoms with Crippen molar-refractivity contribution in [2.75, 3.05) is 16.0 Å². The molecule has 3 aromatic carbocycles. The second-order valence-corrected chi connectivity index (χ2v) is 7.23. The zero-order valence-corrected chi connectivity index (χ0v) is 15.6. The van der Waals surface area contributed by atoms with Gasteiger partial charge in [0.05, 0.1) is 5.69 Å². The van der Waals surface area contributed by atoms with Crippen molar-refractivity contribution in [2.24, 2.45) is 0 Å². The topological polar surface area (TPSA) is 75.4 Å². The Morgan fingerprint density at radius 2 is 1.36 bits per heavy atom. The van der Waals surface area contributed by atoms with Crippen LogP contribution in [-0.4, -0.2) is 11.8 Å². The number of rotatable bonds is 5. The van der Waals surface area contributed by atoms with Crippen LogP contribution in [0.2, 0.25) is 0 Å². The summed E-state index contributed by atoms with van der Waals surface area (Å²) in [4.78, 5) is 28.7. The largest absolute Gasteiger partial charge is 0.399 e. The molecule has 0 bridgehead atoms. The molecule has 138 valence electrons. The van der Waals surface area contributed by atoms with Crippen molar-refractivity contribution in [2.45, 2.75) is 4.90 Å². The van der Waals surface area contributed by atoms with Crippen LogP contribution < -0.4 is 16.0 Å². The molecule has 0 unspecified atom stereocenters. The highest BCUT2D eigenvalue weighted by molar-refractivity contribution is 8.04. The Morgan fingerprint density at radius 3 is 2.00 bits per heavy atom. The number of carbonyl (C=O) groups is 2. The molecule has 3 N–H and O–H groups in total. The molecular formula is C22H17N3O2S.